The molecule has 2 fully saturated rings. The molecule has 3 heteroatoms. The van der Waals surface area contributed by atoms with E-state index in [4.69, 9.17) is 0 Å². The van der Waals surface area contributed by atoms with Gasteiger partial charge in [-0.15, -0.1) is 0 Å². The Kier molecular flexibility index (Phi) is 2.69. The maximum atomic E-state index is 12.5. The fourth-order valence-electron chi connectivity index (χ4n) is 3.09. The van der Waals surface area contributed by atoms with Crippen LogP contribution in [0.4, 0.5) is 0 Å². The number of nitriles is 1. The van der Waals surface area contributed by atoms with Crippen molar-refractivity contribution in [2.45, 2.75) is 57.9 Å². The maximum Gasteiger partial charge on any atom is 0.243 e. The van der Waals surface area contributed by atoms with Crippen LogP contribution in [-0.2, 0) is 4.79 Å². The first-order chi connectivity index (χ1) is 7.52. The Bertz CT molecular complexity index is 334. The molecule has 0 spiro atoms. The van der Waals surface area contributed by atoms with Gasteiger partial charge in [-0.1, -0.05) is 12.8 Å². The van der Waals surface area contributed by atoms with Gasteiger partial charge >= 0.3 is 0 Å². The van der Waals surface area contributed by atoms with Crippen LogP contribution in [-0.4, -0.2) is 22.9 Å². The summed E-state index contributed by atoms with van der Waals surface area (Å²) in [6, 6.07) is 2.30. The van der Waals surface area contributed by atoms with Crippen molar-refractivity contribution in [1.82, 2.24) is 4.90 Å². The molecule has 1 heterocycles. The van der Waals surface area contributed by atoms with Gasteiger partial charge in [-0.25, -0.2) is 0 Å². The third-order valence-corrected chi connectivity index (χ3v) is 4.23. The SMILES string of the molecule is CC1(C)CCCN1C(=O)C1(C#N)CCCC1. The molecule has 3 nitrogen and oxygen atoms in total. The Balaban J connectivity index is 2.22. The minimum Gasteiger partial charge on any atom is -0.336 e. The van der Waals surface area contributed by atoms with Crippen molar-refractivity contribution in [3.8, 4) is 6.07 Å². The normalized spacial score (nSPS) is 26.7. The van der Waals surface area contributed by atoms with E-state index in [1.54, 1.807) is 0 Å². The Morgan fingerprint density at radius 3 is 2.25 bits per heavy atom. The predicted octanol–water partition coefficient (Wildman–Crippen LogP) is 2.47. The highest BCUT2D eigenvalue weighted by molar-refractivity contribution is 5.86. The zero-order chi connectivity index (χ0) is 11.8. The van der Waals surface area contributed by atoms with Crippen molar-refractivity contribution in [3.05, 3.63) is 0 Å². The lowest BCUT2D eigenvalue weighted by Crippen LogP contribution is -2.49. The first-order valence-electron chi connectivity index (χ1n) is 6.25. The third-order valence-electron chi connectivity index (χ3n) is 4.23. The molecule has 0 aromatic heterocycles. The Labute approximate surface area is 97.4 Å². The summed E-state index contributed by atoms with van der Waals surface area (Å²) >= 11 is 0. The van der Waals surface area contributed by atoms with E-state index in [-0.39, 0.29) is 11.4 Å². The summed E-state index contributed by atoms with van der Waals surface area (Å²) in [4.78, 5) is 14.5. The average molecular weight is 220 g/mol. The summed E-state index contributed by atoms with van der Waals surface area (Å²) in [5.41, 5.74) is -0.745. The second kappa shape index (κ2) is 3.76. The highest BCUT2D eigenvalue weighted by atomic mass is 16.2. The van der Waals surface area contributed by atoms with Crippen LogP contribution in [0.3, 0.4) is 0 Å². The standard InChI is InChI=1S/C13H20N2O/c1-12(2)6-5-9-15(12)11(16)13(10-14)7-3-4-8-13/h3-9H2,1-2H3. The Morgan fingerprint density at radius 2 is 1.81 bits per heavy atom. The fraction of sp³-hybridized carbons (Fsp3) is 0.846. The molecular formula is C13H20N2O. The van der Waals surface area contributed by atoms with E-state index >= 15 is 0 Å². The quantitative estimate of drug-likeness (QED) is 0.681. The van der Waals surface area contributed by atoms with Crippen molar-refractivity contribution < 1.29 is 4.79 Å². The van der Waals surface area contributed by atoms with Crippen molar-refractivity contribution in [2.24, 2.45) is 5.41 Å². The van der Waals surface area contributed by atoms with E-state index in [0.717, 1.165) is 45.1 Å². The first-order valence-corrected chi connectivity index (χ1v) is 6.25. The molecule has 0 radical (unpaired) electrons. The molecule has 88 valence electrons. The van der Waals surface area contributed by atoms with Gasteiger partial charge in [0.2, 0.25) is 5.91 Å². The van der Waals surface area contributed by atoms with Crippen LogP contribution in [0.15, 0.2) is 0 Å². The molecule has 1 saturated heterocycles. The van der Waals surface area contributed by atoms with E-state index in [2.05, 4.69) is 19.9 Å². The molecule has 1 aliphatic carbocycles. The van der Waals surface area contributed by atoms with E-state index < -0.39 is 5.41 Å². The van der Waals surface area contributed by atoms with Crippen molar-refractivity contribution in [1.29, 1.82) is 5.26 Å². The summed E-state index contributed by atoms with van der Waals surface area (Å²) in [7, 11) is 0. The molecule has 0 unspecified atom stereocenters. The zero-order valence-corrected chi connectivity index (χ0v) is 10.3. The topological polar surface area (TPSA) is 44.1 Å². The van der Waals surface area contributed by atoms with Gasteiger partial charge in [-0.2, -0.15) is 5.26 Å². The average Bonchev–Trinajstić information content (AvgIpc) is 2.83. The number of likely N-dealkylation sites (tertiary alicyclic amines) is 1. The molecule has 2 rings (SSSR count). The summed E-state index contributed by atoms with van der Waals surface area (Å²) in [6.07, 6.45) is 5.69. The predicted molar refractivity (Wildman–Crippen MR) is 61.5 cm³/mol. The highest BCUT2D eigenvalue weighted by Crippen LogP contribution is 2.42. The van der Waals surface area contributed by atoms with E-state index in [0.29, 0.717) is 0 Å². The van der Waals surface area contributed by atoms with Gasteiger partial charge in [-0.05, 0) is 39.5 Å². The molecule has 2 aliphatic rings. The summed E-state index contributed by atoms with van der Waals surface area (Å²) < 4.78 is 0. The molecule has 0 N–H and O–H groups in total. The fourth-order valence-corrected chi connectivity index (χ4v) is 3.09. The van der Waals surface area contributed by atoms with Crippen LogP contribution in [0.1, 0.15) is 52.4 Å². The van der Waals surface area contributed by atoms with Gasteiger partial charge in [0.1, 0.15) is 5.41 Å². The van der Waals surface area contributed by atoms with Crippen molar-refractivity contribution >= 4 is 5.91 Å². The van der Waals surface area contributed by atoms with Gasteiger partial charge in [0.25, 0.3) is 0 Å². The van der Waals surface area contributed by atoms with E-state index in [1.165, 1.54) is 0 Å². The number of hydrogen-bond donors (Lipinski definition) is 0. The Hall–Kier alpha value is -1.04. The molecule has 0 atom stereocenters. The van der Waals surface area contributed by atoms with E-state index in [9.17, 15) is 10.1 Å². The summed E-state index contributed by atoms with van der Waals surface area (Å²) in [5.74, 6) is 0.0926. The summed E-state index contributed by atoms with van der Waals surface area (Å²) in [5, 5.41) is 9.32. The van der Waals surface area contributed by atoms with E-state index in [1.807, 2.05) is 4.90 Å². The number of rotatable bonds is 1. The Morgan fingerprint density at radius 1 is 1.19 bits per heavy atom. The lowest BCUT2D eigenvalue weighted by molar-refractivity contribution is -0.142. The number of nitrogens with zero attached hydrogens (tertiary/aromatic N) is 2. The molecule has 0 bridgehead atoms. The smallest absolute Gasteiger partial charge is 0.243 e. The molecule has 1 amide bonds. The van der Waals surface area contributed by atoms with Crippen LogP contribution < -0.4 is 0 Å². The molecule has 1 saturated carbocycles. The maximum absolute atomic E-state index is 12.5. The number of carbonyl (C=O) groups is 1. The minimum atomic E-state index is -0.693. The van der Waals surface area contributed by atoms with Gasteiger partial charge in [0, 0.05) is 12.1 Å². The number of hydrogen-bond acceptors (Lipinski definition) is 2. The zero-order valence-electron chi connectivity index (χ0n) is 10.3. The van der Waals surface area contributed by atoms with Crippen LogP contribution in [0, 0.1) is 16.7 Å². The lowest BCUT2D eigenvalue weighted by atomic mass is 9.85. The second-order valence-corrected chi connectivity index (χ2v) is 5.77. The third kappa shape index (κ3) is 1.61. The minimum absolute atomic E-state index is 0.0521. The van der Waals surface area contributed by atoms with Crippen LogP contribution >= 0.6 is 0 Å². The lowest BCUT2D eigenvalue weighted by Gasteiger charge is -2.36. The van der Waals surface area contributed by atoms with Crippen LogP contribution in [0.2, 0.25) is 0 Å². The number of carbonyl (C=O) groups excluding carboxylic acids is 1. The van der Waals surface area contributed by atoms with Gasteiger partial charge in [-0.3, -0.25) is 4.79 Å². The highest BCUT2D eigenvalue weighted by Gasteiger charge is 2.48. The second-order valence-electron chi connectivity index (χ2n) is 5.77. The van der Waals surface area contributed by atoms with Gasteiger partial charge in [0.15, 0.2) is 0 Å². The van der Waals surface area contributed by atoms with Crippen molar-refractivity contribution in [3.63, 3.8) is 0 Å². The van der Waals surface area contributed by atoms with Crippen molar-refractivity contribution in [2.75, 3.05) is 6.54 Å². The molecular weight excluding hydrogens is 200 g/mol. The largest absolute Gasteiger partial charge is 0.336 e. The molecule has 1 aliphatic heterocycles. The van der Waals surface area contributed by atoms with Crippen LogP contribution in [0.5, 0.6) is 0 Å². The number of amides is 1. The summed E-state index contributed by atoms with van der Waals surface area (Å²) in [6.45, 7) is 5.05. The van der Waals surface area contributed by atoms with Gasteiger partial charge < -0.3 is 4.90 Å². The van der Waals surface area contributed by atoms with Gasteiger partial charge in [0.05, 0.1) is 6.07 Å². The molecule has 0 aromatic carbocycles. The monoisotopic (exact) mass is 220 g/mol. The molecule has 0 aromatic rings. The first kappa shape index (κ1) is 11.4. The van der Waals surface area contributed by atoms with Crippen LogP contribution in [0.25, 0.3) is 0 Å². The molecule has 16 heavy (non-hydrogen) atoms.